The van der Waals surface area contributed by atoms with E-state index in [1.54, 1.807) is 36.4 Å². The van der Waals surface area contributed by atoms with Crippen molar-refractivity contribution in [2.45, 2.75) is 18.2 Å². The maximum absolute atomic E-state index is 13.5. The molecule has 0 aliphatic carbocycles. The molecule has 0 radical (unpaired) electrons. The lowest BCUT2D eigenvalue weighted by atomic mass is 10.1. The zero-order chi connectivity index (χ0) is 15.1. The Morgan fingerprint density at radius 2 is 1.86 bits per heavy atom. The van der Waals surface area contributed by atoms with E-state index >= 15 is 0 Å². The van der Waals surface area contributed by atoms with Gasteiger partial charge in [-0.25, -0.2) is 4.39 Å². The van der Waals surface area contributed by atoms with E-state index in [4.69, 9.17) is 4.74 Å². The van der Waals surface area contributed by atoms with Gasteiger partial charge in [0, 0.05) is 4.90 Å². The van der Waals surface area contributed by atoms with Gasteiger partial charge in [0.25, 0.3) is 0 Å². The first kappa shape index (κ1) is 15.6. The molecule has 0 aliphatic rings. The highest BCUT2D eigenvalue weighted by molar-refractivity contribution is 8.00. The number of para-hydroxylation sites is 1. The second-order valence-electron chi connectivity index (χ2n) is 4.49. The lowest BCUT2D eigenvalue weighted by Crippen LogP contribution is -2.07. The topological polar surface area (TPSA) is 26.3 Å². The van der Waals surface area contributed by atoms with Crippen molar-refractivity contribution in [1.29, 1.82) is 0 Å². The molecule has 0 saturated heterocycles. The second-order valence-corrected chi connectivity index (χ2v) is 5.50. The summed E-state index contributed by atoms with van der Waals surface area (Å²) in [7, 11) is 0. The van der Waals surface area contributed by atoms with Crippen molar-refractivity contribution in [3.63, 3.8) is 0 Å². The van der Waals surface area contributed by atoms with Gasteiger partial charge in [0.2, 0.25) is 0 Å². The van der Waals surface area contributed by atoms with Crippen LogP contribution in [0.2, 0.25) is 0 Å². The fraction of sp³-hybridized carbons (Fsp3) is 0.235. The van der Waals surface area contributed by atoms with Gasteiger partial charge in [-0.3, -0.25) is 4.79 Å². The summed E-state index contributed by atoms with van der Waals surface area (Å²) in [5.41, 5.74) is 0.551. The molecular weight excluding hydrogens is 287 g/mol. The summed E-state index contributed by atoms with van der Waals surface area (Å²) in [4.78, 5) is 12.8. The number of benzene rings is 2. The number of carbonyl (C=O) groups is 1. The molecule has 2 aromatic rings. The Balaban J connectivity index is 2.05. The fourth-order valence-electron chi connectivity index (χ4n) is 1.82. The van der Waals surface area contributed by atoms with E-state index in [0.29, 0.717) is 22.8 Å². The Morgan fingerprint density at radius 3 is 2.62 bits per heavy atom. The molecule has 0 heterocycles. The van der Waals surface area contributed by atoms with E-state index in [-0.39, 0.29) is 17.4 Å². The van der Waals surface area contributed by atoms with Gasteiger partial charge in [-0.15, -0.1) is 11.8 Å². The molecule has 0 aromatic heterocycles. The quantitative estimate of drug-likeness (QED) is 0.553. The van der Waals surface area contributed by atoms with E-state index < -0.39 is 0 Å². The summed E-state index contributed by atoms with van der Waals surface area (Å²) in [6.45, 7) is 2.59. The Hall–Kier alpha value is -1.81. The minimum Gasteiger partial charge on any atom is -0.493 e. The van der Waals surface area contributed by atoms with E-state index in [1.165, 1.54) is 17.8 Å². The molecule has 0 fully saturated rings. The Labute approximate surface area is 128 Å². The highest BCUT2D eigenvalue weighted by atomic mass is 32.2. The third-order valence-corrected chi connectivity index (χ3v) is 3.89. The van der Waals surface area contributed by atoms with Crippen LogP contribution in [0.15, 0.2) is 53.4 Å². The first-order valence-corrected chi connectivity index (χ1v) is 7.83. The molecule has 0 N–H and O–H groups in total. The highest BCUT2D eigenvalue weighted by Gasteiger charge is 2.13. The highest BCUT2D eigenvalue weighted by Crippen LogP contribution is 2.25. The Kier molecular flexibility index (Phi) is 5.81. The molecule has 0 atom stereocenters. The monoisotopic (exact) mass is 304 g/mol. The number of ketones is 1. The zero-order valence-corrected chi connectivity index (χ0v) is 12.7. The lowest BCUT2D eigenvalue weighted by Gasteiger charge is -2.10. The zero-order valence-electron chi connectivity index (χ0n) is 11.8. The van der Waals surface area contributed by atoms with Crippen LogP contribution in [0.5, 0.6) is 5.75 Å². The molecule has 2 aromatic carbocycles. The maximum atomic E-state index is 13.5. The van der Waals surface area contributed by atoms with Crippen molar-refractivity contribution < 1.29 is 13.9 Å². The van der Waals surface area contributed by atoms with Crippen LogP contribution >= 0.6 is 11.8 Å². The van der Waals surface area contributed by atoms with Gasteiger partial charge in [0.15, 0.2) is 5.78 Å². The molecule has 0 saturated carbocycles. The predicted molar refractivity (Wildman–Crippen MR) is 83.7 cm³/mol. The van der Waals surface area contributed by atoms with Crippen LogP contribution in [-0.4, -0.2) is 18.1 Å². The first-order valence-electron chi connectivity index (χ1n) is 6.84. The minimum atomic E-state index is -0.300. The number of hydrogen-bond acceptors (Lipinski definition) is 3. The summed E-state index contributed by atoms with van der Waals surface area (Å²) in [6, 6.07) is 13.6. The Bertz CT molecular complexity index is 613. The van der Waals surface area contributed by atoms with Crippen molar-refractivity contribution in [3.8, 4) is 5.75 Å². The number of rotatable bonds is 7. The molecule has 0 amide bonds. The van der Waals surface area contributed by atoms with Crippen LogP contribution < -0.4 is 4.74 Å². The van der Waals surface area contributed by atoms with E-state index in [2.05, 4.69) is 0 Å². The van der Waals surface area contributed by atoms with Gasteiger partial charge in [0.05, 0.1) is 17.9 Å². The predicted octanol–water partition coefficient (Wildman–Crippen LogP) is 4.59. The van der Waals surface area contributed by atoms with Crippen LogP contribution in [0, 0.1) is 5.82 Å². The third kappa shape index (κ3) is 4.33. The van der Waals surface area contributed by atoms with Crippen molar-refractivity contribution in [2.75, 3.05) is 12.4 Å². The van der Waals surface area contributed by atoms with Crippen molar-refractivity contribution in [3.05, 3.63) is 59.9 Å². The van der Waals surface area contributed by atoms with Crippen molar-refractivity contribution in [2.24, 2.45) is 0 Å². The average molecular weight is 304 g/mol. The maximum Gasteiger partial charge on any atom is 0.176 e. The van der Waals surface area contributed by atoms with Gasteiger partial charge in [-0.1, -0.05) is 31.2 Å². The normalized spacial score (nSPS) is 10.4. The minimum absolute atomic E-state index is 0.0602. The fourth-order valence-corrected chi connectivity index (χ4v) is 2.64. The van der Waals surface area contributed by atoms with Crippen LogP contribution in [-0.2, 0) is 0 Å². The van der Waals surface area contributed by atoms with E-state index in [1.807, 2.05) is 13.0 Å². The number of ether oxygens (including phenoxy) is 1. The molecule has 0 bridgehead atoms. The average Bonchev–Trinajstić information content (AvgIpc) is 2.52. The Morgan fingerprint density at radius 1 is 1.14 bits per heavy atom. The summed E-state index contributed by atoms with van der Waals surface area (Å²) < 4.78 is 19.1. The molecule has 21 heavy (non-hydrogen) atoms. The summed E-state index contributed by atoms with van der Waals surface area (Å²) in [5, 5.41) is 0. The molecule has 0 aliphatic heterocycles. The number of Topliss-reactive ketones (excluding diaryl/α,β-unsaturated/α-hetero) is 1. The number of carbonyl (C=O) groups excluding carboxylic acids is 1. The van der Waals surface area contributed by atoms with Gasteiger partial charge in [-0.05, 0) is 30.7 Å². The number of thioether (sulfide) groups is 1. The van der Waals surface area contributed by atoms with E-state index in [0.717, 1.165) is 6.42 Å². The standard InChI is InChI=1S/C17H17FO2S/c1-2-11-20-16-9-5-3-7-13(16)15(19)12-21-17-10-6-4-8-14(17)18/h3-10H,2,11-12H2,1H3. The van der Waals surface area contributed by atoms with Crippen molar-refractivity contribution in [1.82, 2.24) is 0 Å². The van der Waals surface area contributed by atoms with Gasteiger partial charge >= 0.3 is 0 Å². The van der Waals surface area contributed by atoms with Crippen molar-refractivity contribution >= 4 is 17.5 Å². The van der Waals surface area contributed by atoms with Crippen LogP contribution in [0.4, 0.5) is 4.39 Å². The van der Waals surface area contributed by atoms with Gasteiger partial charge < -0.3 is 4.74 Å². The van der Waals surface area contributed by atoms with Crippen LogP contribution in [0.25, 0.3) is 0 Å². The smallest absolute Gasteiger partial charge is 0.176 e. The molecule has 110 valence electrons. The SMILES string of the molecule is CCCOc1ccccc1C(=O)CSc1ccccc1F. The lowest BCUT2D eigenvalue weighted by molar-refractivity contribution is 0.101. The molecule has 2 nitrogen and oxygen atoms in total. The number of hydrogen-bond donors (Lipinski definition) is 0. The van der Waals surface area contributed by atoms with Gasteiger partial charge in [-0.2, -0.15) is 0 Å². The molecular formula is C17H17FO2S. The first-order chi connectivity index (χ1) is 10.2. The summed E-state index contributed by atoms with van der Waals surface area (Å²) in [6.07, 6.45) is 0.881. The van der Waals surface area contributed by atoms with Crippen LogP contribution in [0.3, 0.4) is 0 Å². The largest absolute Gasteiger partial charge is 0.493 e. The third-order valence-electron chi connectivity index (χ3n) is 2.84. The summed E-state index contributed by atoms with van der Waals surface area (Å²) >= 11 is 1.20. The second kappa shape index (κ2) is 7.84. The summed E-state index contributed by atoms with van der Waals surface area (Å²) in [5.74, 6) is 0.423. The number of halogens is 1. The molecule has 0 unspecified atom stereocenters. The van der Waals surface area contributed by atoms with Crippen LogP contribution in [0.1, 0.15) is 23.7 Å². The van der Waals surface area contributed by atoms with E-state index in [9.17, 15) is 9.18 Å². The molecule has 2 rings (SSSR count). The molecule has 4 heteroatoms. The van der Waals surface area contributed by atoms with Gasteiger partial charge in [0.1, 0.15) is 11.6 Å². The molecule has 0 spiro atoms.